The second-order valence-electron chi connectivity index (χ2n) is 6.11. The first kappa shape index (κ1) is 19.2. The van der Waals surface area contributed by atoms with Crippen molar-refractivity contribution in [1.29, 1.82) is 0 Å². The molecule has 8 nitrogen and oxygen atoms in total. The molecule has 0 unspecified atom stereocenters. The van der Waals surface area contributed by atoms with E-state index >= 15 is 0 Å². The lowest BCUT2D eigenvalue weighted by Gasteiger charge is -2.18. The zero-order chi connectivity index (χ0) is 19.9. The van der Waals surface area contributed by atoms with Crippen molar-refractivity contribution in [3.8, 4) is 11.4 Å². The van der Waals surface area contributed by atoms with Crippen molar-refractivity contribution < 1.29 is 9.59 Å². The number of nitrogens with one attached hydrogen (secondary N) is 1. The van der Waals surface area contributed by atoms with Crippen LogP contribution in [0.2, 0.25) is 0 Å². The minimum atomic E-state index is -0.278. The van der Waals surface area contributed by atoms with Gasteiger partial charge in [0.2, 0.25) is 11.7 Å². The summed E-state index contributed by atoms with van der Waals surface area (Å²) in [6, 6.07) is 16.3. The normalized spacial score (nSPS) is 10.5. The number of nitrogens with zero attached hydrogens (tertiary/aromatic N) is 5. The van der Waals surface area contributed by atoms with Crippen molar-refractivity contribution in [3.63, 3.8) is 0 Å². The molecule has 28 heavy (non-hydrogen) atoms. The molecule has 144 valence electrons. The number of carbonyl (C=O) groups is 2. The molecule has 0 spiro atoms. The summed E-state index contributed by atoms with van der Waals surface area (Å²) in [7, 11) is 0. The standard InChI is InChI=1S/C20H22N6O2/c1-3-25(4-2)20(28)16-10-12-17(13-11-16)21-18(27)14-26-23-19(22-24-26)15-8-6-5-7-9-15/h5-13H,3-4,14H2,1-2H3,(H,21,27). The van der Waals surface area contributed by atoms with E-state index in [1.807, 2.05) is 44.2 Å². The predicted octanol–water partition coefficient (Wildman–Crippen LogP) is 2.46. The van der Waals surface area contributed by atoms with Gasteiger partial charge in [0.05, 0.1) is 0 Å². The van der Waals surface area contributed by atoms with Gasteiger partial charge < -0.3 is 10.2 Å². The number of amides is 2. The maximum atomic E-state index is 12.3. The molecule has 0 aliphatic heterocycles. The van der Waals surface area contributed by atoms with Crippen molar-refractivity contribution in [1.82, 2.24) is 25.1 Å². The highest BCUT2D eigenvalue weighted by Crippen LogP contribution is 2.13. The molecule has 2 amide bonds. The van der Waals surface area contributed by atoms with Gasteiger partial charge in [0.1, 0.15) is 6.54 Å². The van der Waals surface area contributed by atoms with Crippen LogP contribution in [0.3, 0.4) is 0 Å². The molecular weight excluding hydrogens is 356 g/mol. The van der Waals surface area contributed by atoms with E-state index in [0.717, 1.165) is 5.56 Å². The van der Waals surface area contributed by atoms with Crippen LogP contribution in [0.25, 0.3) is 11.4 Å². The minimum Gasteiger partial charge on any atom is -0.339 e. The van der Waals surface area contributed by atoms with Crippen LogP contribution in [0.4, 0.5) is 5.69 Å². The Balaban J connectivity index is 1.59. The third kappa shape index (κ3) is 4.59. The SMILES string of the molecule is CCN(CC)C(=O)c1ccc(NC(=O)Cn2nnc(-c3ccccc3)n2)cc1. The Morgan fingerprint density at radius 2 is 1.68 bits per heavy atom. The maximum absolute atomic E-state index is 12.3. The molecular formula is C20H22N6O2. The van der Waals surface area contributed by atoms with Gasteiger partial charge in [-0.05, 0) is 43.3 Å². The Morgan fingerprint density at radius 3 is 2.32 bits per heavy atom. The Labute approximate surface area is 163 Å². The van der Waals surface area contributed by atoms with Gasteiger partial charge in [-0.15, -0.1) is 10.2 Å². The highest BCUT2D eigenvalue weighted by molar-refractivity contribution is 5.95. The Morgan fingerprint density at radius 1 is 1.00 bits per heavy atom. The summed E-state index contributed by atoms with van der Waals surface area (Å²) in [6.45, 7) is 5.14. The highest BCUT2D eigenvalue weighted by Gasteiger charge is 2.13. The monoisotopic (exact) mass is 378 g/mol. The zero-order valence-electron chi connectivity index (χ0n) is 15.9. The number of carbonyl (C=O) groups excluding carboxylic acids is 2. The number of benzene rings is 2. The topological polar surface area (TPSA) is 93.0 Å². The number of hydrogen-bond acceptors (Lipinski definition) is 5. The first-order chi connectivity index (χ1) is 13.6. The van der Waals surface area contributed by atoms with E-state index in [-0.39, 0.29) is 18.4 Å². The van der Waals surface area contributed by atoms with E-state index in [4.69, 9.17) is 0 Å². The third-order valence-electron chi connectivity index (χ3n) is 4.24. The first-order valence-electron chi connectivity index (χ1n) is 9.13. The van der Waals surface area contributed by atoms with Crippen LogP contribution >= 0.6 is 0 Å². The van der Waals surface area contributed by atoms with Crippen molar-refractivity contribution >= 4 is 17.5 Å². The fourth-order valence-electron chi connectivity index (χ4n) is 2.73. The van der Waals surface area contributed by atoms with Gasteiger partial charge in [0, 0.05) is 29.9 Å². The van der Waals surface area contributed by atoms with E-state index in [0.29, 0.717) is 30.2 Å². The molecule has 1 heterocycles. The summed E-state index contributed by atoms with van der Waals surface area (Å²) in [4.78, 5) is 27.5. The molecule has 3 aromatic rings. The molecule has 0 aliphatic carbocycles. The molecule has 2 aromatic carbocycles. The summed E-state index contributed by atoms with van der Waals surface area (Å²) < 4.78 is 0. The van der Waals surface area contributed by atoms with E-state index < -0.39 is 0 Å². The molecule has 0 radical (unpaired) electrons. The summed E-state index contributed by atoms with van der Waals surface area (Å²) in [6.07, 6.45) is 0. The molecule has 0 saturated carbocycles. The van der Waals surface area contributed by atoms with Crippen LogP contribution in [-0.4, -0.2) is 50.0 Å². The highest BCUT2D eigenvalue weighted by atomic mass is 16.2. The summed E-state index contributed by atoms with van der Waals surface area (Å²) in [5.41, 5.74) is 2.03. The Kier molecular flexibility index (Phi) is 6.11. The molecule has 8 heteroatoms. The van der Waals surface area contributed by atoms with Crippen LogP contribution in [0, 0.1) is 0 Å². The van der Waals surface area contributed by atoms with Crippen molar-refractivity contribution in [3.05, 3.63) is 60.2 Å². The number of aromatic nitrogens is 4. The van der Waals surface area contributed by atoms with Gasteiger partial charge in [0.25, 0.3) is 5.91 Å². The lowest BCUT2D eigenvalue weighted by Crippen LogP contribution is -2.30. The molecule has 0 atom stereocenters. The maximum Gasteiger partial charge on any atom is 0.253 e. The molecule has 0 aliphatic rings. The van der Waals surface area contributed by atoms with Crippen LogP contribution in [0.5, 0.6) is 0 Å². The molecule has 1 N–H and O–H groups in total. The molecule has 0 saturated heterocycles. The lowest BCUT2D eigenvalue weighted by molar-refractivity contribution is -0.117. The largest absolute Gasteiger partial charge is 0.339 e. The third-order valence-corrected chi connectivity index (χ3v) is 4.24. The average Bonchev–Trinajstić information content (AvgIpc) is 3.18. The number of hydrogen-bond donors (Lipinski definition) is 1. The van der Waals surface area contributed by atoms with Gasteiger partial charge in [-0.3, -0.25) is 9.59 Å². The van der Waals surface area contributed by atoms with Crippen LogP contribution in [0.15, 0.2) is 54.6 Å². The van der Waals surface area contributed by atoms with E-state index in [1.54, 1.807) is 29.2 Å². The smallest absolute Gasteiger partial charge is 0.253 e. The van der Waals surface area contributed by atoms with Gasteiger partial charge >= 0.3 is 0 Å². The summed E-state index contributed by atoms with van der Waals surface area (Å²) in [5.74, 6) is 0.163. The summed E-state index contributed by atoms with van der Waals surface area (Å²) in [5, 5.41) is 14.9. The van der Waals surface area contributed by atoms with E-state index in [1.165, 1.54) is 4.80 Å². The lowest BCUT2D eigenvalue weighted by atomic mass is 10.1. The van der Waals surface area contributed by atoms with Gasteiger partial charge in [0.15, 0.2) is 0 Å². The van der Waals surface area contributed by atoms with E-state index in [2.05, 4.69) is 20.7 Å². The zero-order valence-corrected chi connectivity index (χ0v) is 15.9. The van der Waals surface area contributed by atoms with Gasteiger partial charge in [-0.2, -0.15) is 4.80 Å². The Bertz CT molecular complexity index is 933. The molecule has 0 fully saturated rings. The Hall–Kier alpha value is -3.55. The van der Waals surface area contributed by atoms with Gasteiger partial charge in [-0.1, -0.05) is 30.3 Å². The predicted molar refractivity (Wildman–Crippen MR) is 106 cm³/mol. The van der Waals surface area contributed by atoms with Crippen molar-refractivity contribution in [2.75, 3.05) is 18.4 Å². The van der Waals surface area contributed by atoms with Crippen LogP contribution in [0.1, 0.15) is 24.2 Å². The fraction of sp³-hybridized carbons (Fsp3) is 0.250. The van der Waals surface area contributed by atoms with E-state index in [9.17, 15) is 9.59 Å². The number of tetrazole rings is 1. The molecule has 3 rings (SSSR count). The number of anilines is 1. The second-order valence-corrected chi connectivity index (χ2v) is 6.11. The quantitative estimate of drug-likeness (QED) is 0.682. The second kappa shape index (κ2) is 8.90. The van der Waals surface area contributed by atoms with Gasteiger partial charge in [-0.25, -0.2) is 0 Å². The van der Waals surface area contributed by atoms with Crippen LogP contribution in [-0.2, 0) is 11.3 Å². The molecule has 0 bridgehead atoms. The molecule has 1 aromatic heterocycles. The summed E-state index contributed by atoms with van der Waals surface area (Å²) >= 11 is 0. The minimum absolute atomic E-state index is 0.0249. The average molecular weight is 378 g/mol. The van der Waals surface area contributed by atoms with Crippen molar-refractivity contribution in [2.45, 2.75) is 20.4 Å². The van der Waals surface area contributed by atoms with Crippen molar-refractivity contribution in [2.24, 2.45) is 0 Å². The fourth-order valence-corrected chi connectivity index (χ4v) is 2.73. The number of rotatable bonds is 7. The first-order valence-corrected chi connectivity index (χ1v) is 9.13. The van der Waals surface area contributed by atoms with Crippen LogP contribution < -0.4 is 5.32 Å².